The third kappa shape index (κ3) is 3.23. The fourth-order valence-electron chi connectivity index (χ4n) is 2.72. The van der Waals surface area contributed by atoms with Gasteiger partial charge in [0.25, 0.3) is 5.56 Å². The second kappa shape index (κ2) is 6.71. The predicted octanol–water partition coefficient (Wildman–Crippen LogP) is 3.78. The fourth-order valence-corrected chi connectivity index (χ4v) is 2.72. The molecule has 0 aliphatic heterocycles. The van der Waals surface area contributed by atoms with Crippen LogP contribution in [0.3, 0.4) is 0 Å². The smallest absolute Gasteiger partial charge is 0.253 e. The summed E-state index contributed by atoms with van der Waals surface area (Å²) in [6.45, 7) is 4.09. The number of anilines is 1. The van der Waals surface area contributed by atoms with Crippen molar-refractivity contribution in [3.8, 4) is 0 Å². The molecule has 0 aliphatic rings. The number of amides is 1. The minimum Gasteiger partial charge on any atom is -0.322 e. The minimum atomic E-state index is -0.158. The largest absolute Gasteiger partial charge is 0.322 e. The van der Waals surface area contributed by atoms with Crippen LogP contribution in [0.15, 0.2) is 59.4 Å². The maximum Gasteiger partial charge on any atom is 0.253 e. The van der Waals surface area contributed by atoms with E-state index in [4.69, 9.17) is 0 Å². The van der Waals surface area contributed by atoms with Crippen LogP contribution in [-0.2, 0) is 11.3 Å². The van der Waals surface area contributed by atoms with Gasteiger partial charge in [-0.05, 0) is 36.6 Å². The monoisotopic (exact) mass is 320 g/mol. The number of aryl methyl sites for hydroxylation is 1. The van der Waals surface area contributed by atoms with Crippen LogP contribution in [0, 0.1) is 6.92 Å². The maximum absolute atomic E-state index is 12.4. The average molecular weight is 320 g/mol. The first kappa shape index (κ1) is 16.0. The van der Waals surface area contributed by atoms with Crippen LogP contribution in [0.25, 0.3) is 10.9 Å². The molecule has 0 spiro atoms. The van der Waals surface area contributed by atoms with Gasteiger partial charge in [-0.2, -0.15) is 0 Å². The zero-order valence-corrected chi connectivity index (χ0v) is 13.9. The summed E-state index contributed by atoms with van der Waals surface area (Å²) in [7, 11) is 0. The summed E-state index contributed by atoms with van der Waals surface area (Å²) in [5, 5.41) is 0.958. The van der Waals surface area contributed by atoms with Gasteiger partial charge in [0.1, 0.15) is 0 Å². The molecule has 0 unspecified atom stereocenters. The van der Waals surface area contributed by atoms with Gasteiger partial charge in [-0.1, -0.05) is 42.8 Å². The third-order valence-corrected chi connectivity index (χ3v) is 4.11. The SMILES string of the molecule is CCC(=O)N(Cc1cc2ccccc2[nH]c1=O)c1ccc(C)cc1. The first-order valence-corrected chi connectivity index (χ1v) is 8.06. The van der Waals surface area contributed by atoms with E-state index in [-0.39, 0.29) is 18.0 Å². The van der Waals surface area contributed by atoms with Crippen LogP contribution in [0.1, 0.15) is 24.5 Å². The number of fused-ring (bicyclic) bond motifs is 1. The Kier molecular flexibility index (Phi) is 4.47. The minimum absolute atomic E-state index is 0.00795. The molecule has 0 bridgehead atoms. The van der Waals surface area contributed by atoms with E-state index in [1.54, 1.807) is 4.90 Å². The molecule has 0 radical (unpaired) electrons. The van der Waals surface area contributed by atoms with E-state index < -0.39 is 0 Å². The molecule has 0 fully saturated rings. The lowest BCUT2D eigenvalue weighted by molar-refractivity contribution is -0.118. The molecule has 0 aliphatic carbocycles. The van der Waals surface area contributed by atoms with Crippen molar-refractivity contribution in [1.82, 2.24) is 4.98 Å². The zero-order valence-electron chi connectivity index (χ0n) is 13.9. The second-order valence-corrected chi connectivity index (χ2v) is 5.88. The Balaban J connectivity index is 2.01. The summed E-state index contributed by atoms with van der Waals surface area (Å²) < 4.78 is 0. The first-order chi connectivity index (χ1) is 11.6. The highest BCUT2D eigenvalue weighted by atomic mass is 16.2. The molecule has 1 amide bonds. The Morgan fingerprint density at radius 2 is 1.79 bits per heavy atom. The highest BCUT2D eigenvalue weighted by Gasteiger charge is 2.16. The lowest BCUT2D eigenvalue weighted by Crippen LogP contribution is -2.32. The van der Waals surface area contributed by atoms with E-state index in [9.17, 15) is 9.59 Å². The number of pyridine rings is 1. The van der Waals surface area contributed by atoms with Crippen LogP contribution in [-0.4, -0.2) is 10.9 Å². The molecule has 0 saturated carbocycles. The molecule has 0 atom stereocenters. The third-order valence-electron chi connectivity index (χ3n) is 4.11. The summed E-state index contributed by atoms with van der Waals surface area (Å²) in [6.07, 6.45) is 0.388. The summed E-state index contributed by atoms with van der Waals surface area (Å²) in [4.78, 5) is 29.3. The number of para-hydroxylation sites is 1. The number of nitrogens with zero attached hydrogens (tertiary/aromatic N) is 1. The van der Waals surface area contributed by atoms with Gasteiger partial charge in [0.15, 0.2) is 0 Å². The standard InChI is InChI=1S/C20H20N2O2/c1-3-19(23)22(17-10-8-14(2)9-11-17)13-16-12-15-6-4-5-7-18(15)21-20(16)24/h4-12H,3,13H2,1-2H3,(H,21,24). The number of aromatic nitrogens is 1. The van der Waals surface area contributed by atoms with E-state index in [1.807, 2.05) is 68.4 Å². The quantitative estimate of drug-likeness (QED) is 0.795. The molecular weight excluding hydrogens is 300 g/mol. The lowest BCUT2D eigenvalue weighted by atomic mass is 10.1. The van der Waals surface area contributed by atoms with Crippen LogP contribution >= 0.6 is 0 Å². The number of benzene rings is 2. The number of hydrogen-bond acceptors (Lipinski definition) is 2. The van der Waals surface area contributed by atoms with Gasteiger partial charge in [0.2, 0.25) is 5.91 Å². The van der Waals surface area contributed by atoms with E-state index in [2.05, 4.69) is 4.98 Å². The summed E-state index contributed by atoms with van der Waals surface area (Å²) in [5.74, 6) is -0.00795. The molecule has 4 heteroatoms. The van der Waals surface area contributed by atoms with Crippen LogP contribution in [0.2, 0.25) is 0 Å². The van der Waals surface area contributed by atoms with E-state index >= 15 is 0 Å². The maximum atomic E-state index is 12.4. The van der Waals surface area contributed by atoms with Gasteiger partial charge in [0, 0.05) is 23.2 Å². The van der Waals surface area contributed by atoms with Gasteiger partial charge in [-0.15, -0.1) is 0 Å². The van der Waals surface area contributed by atoms with Gasteiger partial charge in [0.05, 0.1) is 6.54 Å². The number of aromatic amines is 1. The normalized spacial score (nSPS) is 10.8. The average Bonchev–Trinajstić information content (AvgIpc) is 2.60. The number of carbonyl (C=O) groups excluding carboxylic acids is 1. The van der Waals surface area contributed by atoms with E-state index in [0.717, 1.165) is 22.2 Å². The van der Waals surface area contributed by atoms with Crippen molar-refractivity contribution in [3.63, 3.8) is 0 Å². The Morgan fingerprint density at radius 1 is 1.08 bits per heavy atom. The van der Waals surface area contributed by atoms with Crippen molar-refractivity contribution >= 4 is 22.5 Å². The van der Waals surface area contributed by atoms with Crippen molar-refractivity contribution in [2.24, 2.45) is 0 Å². The fraction of sp³-hybridized carbons (Fsp3) is 0.200. The number of rotatable bonds is 4. The van der Waals surface area contributed by atoms with Crippen molar-refractivity contribution in [1.29, 1.82) is 0 Å². The Morgan fingerprint density at radius 3 is 2.50 bits per heavy atom. The molecule has 0 saturated heterocycles. The molecule has 1 aromatic heterocycles. The highest BCUT2D eigenvalue weighted by molar-refractivity contribution is 5.93. The molecule has 4 nitrogen and oxygen atoms in total. The first-order valence-electron chi connectivity index (χ1n) is 8.06. The topological polar surface area (TPSA) is 53.2 Å². The number of carbonyl (C=O) groups is 1. The van der Waals surface area contributed by atoms with E-state index in [0.29, 0.717) is 12.0 Å². The van der Waals surface area contributed by atoms with E-state index in [1.165, 1.54) is 0 Å². The van der Waals surface area contributed by atoms with Crippen molar-refractivity contribution in [2.45, 2.75) is 26.8 Å². The van der Waals surface area contributed by atoms with Crippen molar-refractivity contribution in [2.75, 3.05) is 4.90 Å². The van der Waals surface area contributed by atoms with Gasteiger partial charge in [-0.25, -0.2) is 0 Å². The molecule has 2 aromatic carbocycles. The second-order valence-electron chi connectivity index (χ2n) is 5.88. The Bertz CT molecular complexity index is 926. The number of H-pyrrole nitrogens is 1. The van der Waals surface area contributed by atoms with Crippen molar-refractivity contribution < 1.29 is 4.79 Å². The number of nitrogens with one attached hydrogen (secondary N) is 1. The molecule has 1 N–H and O–H groups in total. The van der Waals surface area contributed by atoms with Gasteiger partial charge >= 0.3 is 0 Å². The molecule has 3 rings (SSSR count). The molecule has 122 valence electrons. The van der Waals surface area contributed by atoms with Crippen LogP contribution in [0.5, 0.6) is 0 Å². The van der Waals surface area contributed by atoms with Gasteiger partial charge in [-0.3, -0.25) is 9.59 Å². The molecule has 24 heavy (non-hydrogen) atoms. The Labute approximate surface area is 140 Å². The van der Waals surface area contributed by atoms with Crippen molar-refractivity contribution in [3.05, 3.63) is 76.1 Å². The molecule has 1 heterocycles. The van der Waals surface area contributed by atoms with Crippen LogP contribution in [0.4, 0.5) is 5.69 Å². The lowest BCUT2D eigenvalue weighted by Gasteiger charge is -2.22. The van der Waals surface area contributed by atoms with Crippen LogP contribution < -0.4 is 10.5 Å². The number of hydrogen-bond donors (Lipinski definition) is 1. The highest BCUT2D eigenvalue weighted by Crippen LogP contribution is 2.19. The summed E-state index contributed by atoms with van der Waals surface area (Å²) >= 11 is 0. The molecule has 3 aromatic rings. The summed E-state index contributed by atoms with van der Waals surface area (Å²) in [5.41, 5.74) is 3.16. The van der Waals surface area contributed by atoms with Gasteiger partial charge < -0.3 is 9.88 Å². The predicted molar refractivity (Wildman–Crippen MR) is 97.2 cm³/mol. The summed E-state index contributed by atoms with van der Waals surface area (Å²) in [6, 6.07) is 17.3. The zero-order chi connectivity index (χ0) is 17.1. The Hall–Kier alpha value is -2.88. The molecular formula is C20H20N2O2.